The third-order valence-electron chi connectivity index (χ3n) is 4.30. The van der Waals surface area contributed by atoms with Crippen LogP contribution < -0.4 is 10.5 Å². The molecule has 1 aromatic heterocycles. The molecule has 0 radical (unpaired) electrons. The molecular formula is C13H18N2O5S2. The van der Waals surface area contributed by atoms with Gasteiger partial charge in [-0.25, -0.2) is 13.1 Å². The molecule has 1 amide bonds. The summed E-state index contributed by atoms with van der Waals surface area (Å²) in [7, 11) is -2.08. The second-order valence-electron chi connectivity index (χ2n) is 5.57. The molecule has 122 valence electrons. The van der Waals surface area contributed by atoms with E-state index in [-0.39, 0.29) is 33.8 Å². The van der Waals surface area contributed by atoms with Crippen LogP contribution in [0.5, 0.6) is 0 Å². The van der Waals surface area contributed by atoms with Crippen LogP contribution in [0, 0.1) is 11.8 Å². The number of sulfonamides is 1. The van der Waals surface area contributed by atoms with Crippen LogP contribution in [0.2, 0.25) is 0 Å². The van der Waals surface area contributed by atoms with E-state index in [4.69, 9.17) is 15.2 Å². The Hall–Kier alpha value is -1.00. The van der Waals surface area contributed by atoms with Crippen molar-refractivity contribution in [2.75, 3.05) is 20.3 Å². The minimum absolute atomic E-state index is 0.0165. The average molecular weight is 346 g/mol. The topological polar surface area (TPSA) is 108 Å². The number of amides is 1. The standard InChI is InChI=1S/C13H18N2O5S2/c1-19-5-9-11(8-2-3-20-12(8)9)15-22(17,18)10-4-7(6-21-10)13(14)16/h4,6,8-9,11-12,15H,2-3,5H2,1H3,(H2,14,16)/t8-,9+,11-,12-/m1/s1. The SMILES string of the molecule is COC[C@H]1[C@H](NS(=O)(=O)c2cc(C(N)=O)cs2)[C@H]2CCO[C@H]21. The molecule has 1 aliphatic carbocycles. The maximum atomic E-state index is 12.5. The number of carbonyl (C=O) groups is 1. The molecule has 22 heavy (non-hydrogen) atoms. The van der Waals surface area contributed by atoms with Crippen molar-refractivity contribution in [3.8, 4) is 0 Å². The molecule has 3 rings (SSSR count). The molecule has 7 nitrogen and oxygen atoms in total. The molecule has 0 bridgehead atoms. The second-order valence-corrected chi connectivity index (χ2v) is 8.42. The quantitative estimate of drug-likeness (QED) is 0.764. The number of hydrogen-bond donors (Lipinski definition) is 2. The molecule has 1 aromatic rings. The van der Waals surface area contributed by atoms with Crippen LogP contribution in [0.25, 0.3) is 0 Å². The van der Waals surface area contributed by atoms with Crippen LogP contribution in [-0.2, 0) is 19.5 Å². The summed E-state index contributed by atoms with van der Waals surface area (Å²) in [6.07, 6.45) is 0.909. The molecule has 4 atom stereocenters. The van der Waals surface area contributed by atoms with Crippen LogP contribution in [0.3, 0.4) is 0 Å². The minimum Gasteiger partial charge on any atom is -0.384 e. The van der Waals surface area contributed by atoms with Gasteiger partial charge in [-0.1, -0.05) is 0 Å². The number of fused-ring (bicyclic) bond motifs is 1. The van der Waals surface area contributed by atoms with E-state index in [0.29, 0.717) is 13.2 Å². The molecule has 0 spiro atoms. The Balaban J connectivity index is 1.76. The van der Waals surface area contributed by atoms with E-state index in [0.717, 1.165) is 17.8 Å². The maximum absolute atomic E-state index is 12.5. The molecule has 2 aliphatic rings. The van der Waals surface area contributed by atoms with Crippen molar-refractivity contribution in [3.05, 3.63) is 17.0 Å². The minimum atomic E-state index is -3.67. The van der Waals surface area contributed by atoms with Crippen LogP contribution in [-0.4, -0.2) is 46.8 Å². The zero-order chi connectivity index (χ0) is 15.9. The number of rotatable bonds is 6. The highest BCUT2D eigenvalue weighted by Crippen LogP contribution is 2.44. The predicted octanol–water partition coefficient (Wildman–Crippen LogP) is 0.175. The lowest BCUT2D eigenvalue weighted by Crippen LogP contribution is -2.62. The molecule has 1 saturated carbocycles. The zero-order valence-electron chi connectivity index (χ0n) is 12.0. The van der Waals surface area contributed by atoms with E-state index < -0.39 is 15.9 Å². The van der Waals surface area contributed by atoms with E-state index in [1.54, 1.807) is 7.11 Å². The summed E-state index contributed by atoms with van der Waals surface area (Å²) in [5.74, 6) is -0.434. The Kier molecular flexibility index (Phi) is 4.25. The summed E-state index contributed by atoms with van der Waals surface area (Å²) < 4.78 is 38.6. The third kappa shape index (κ3) is 2.67. The van der Waals surface area contributed by atoms with Crippen LogP contribution in [0.4, 0.5) is 0 Å². The normalized spacial score (nSPS) is 30.8. The molecule has 2 heterocycles. The number of nitrogens with one attached hydrogen (secondary N) is 1. The fraction of sp³-hybridized carbons (Fsp3) is 0.615. The first-order valence-corrected chi connectivity index (χ1v) is 9.31. The van der Waals surface area contributed by atoms with Crippen molar-refractivity contribution in [2.45, 2.75) is 22.8 Å². The van der Waals surface area contributed by atoms with E-state index in [2.05, 4.69) is 4.72 Å². The summed E-state index contributed by atoms with van der Waals surface area (Å²) in [6, 6.07) is 1.11. The average Bonchev–Trinajstić information content (AvgIpc) is 3.10. The van der Waals surface area contributed by atoms with Crippen LogP contribution in [0.1, 0.15) is 16.8 Å². The first-order chi connectivity index (χ1) is 10.4. The first kappa shape index (κ1) is 15.9. The number of thiophene rings is 1. The number of ether oxygens (including phenoxy) is 2. The Bertz CT molecular complexity index is 672. The van der Waals surface area contributed by atoms with Gasteiger partial charge in [0.05, 0.1) is 18.3 Å². The fourth-order valence-electron chi connectivity index (χ4n) is 3.22. The van der Waals surface area contributed by atoms with Crippen molar-refractivity contribution in [3.63, 3.8) is 0 Å². The summed E-state index contributed by atoms with van der Waals surface area (Å²) in [4.78, 5) is 11.1. The summed E-state index contributed by atoms with van der Waals surface area (Å²) in [6.45, 7) is 1.10. The number of methoxy groups -OCH3 is 1. The Morgan fingerprint density at radius 3 is 3.00 bits per heavy atom. The molecule has 1 aliphatic heterocycles. The molecule has 9 heteroatoms. The van der Waals surface area contributed by atoms with Crippen molar-refractivity contribution in [2.24, 2.45) is 17.6 Å². The number of hydrogen-bond acceptors (Lipinski definition) is 6. The molecule has 0 aromatic carbocycles. The van der Waals surface area contributed by atoms with E-state index in [9.17, 15) is 13.2 Å². The number of carbonyl (C=O) groups excluding carboxylic acids is 1. The van der Waals surface area contributed by atoms with Gasteiger partial charge < -0.3 is 15.2 Å². The fourth-order valence-corrected chi connectivity index (χ4v) is 5.74. The Morgan fingerprint density at radius 1 is 1.59 bits per heavy atom. The first-order valence-electron chi connectivity index (χ1n) is 6.95. The highest BCUT2D eigenvalue weighted by atomic mass is 32.2. The predicted molar refractivity (Wildman–Crippen MR) is 80.2 cm³/mol. The van der Waals surface area contributed by atoms with Gasteiger partial charge in [-0.2, -0.15) is 0 Å². The second kappa shape index (κ2) is 5.89. The van der Waals surface area contributed by atoms with Gasteiger partial charge in [-0.15, -0.1) is 11.3 Å². The molecule has 3 N–H and O–H groups in total. The zero-order valence-corrected chi connectivity index (χ0v) is 13.7. The number of primary amides is 1. The maximum Gasteiger partial charge on any atom is 0.250 e. The Labute approximate surface area is 132 Å². The van der Waals surface area contributed by atoms with Crippen molar-refractivity contribution < 1.29 is 22.7 Å². The van der Waals surface area contributed by atoms with Crippen molar-refractivity contribution in [1.82, 2.24) is 4.72 Å². The largest absolute Gasteiger partial charge is 0.384 e. The van der Waals surface area contributed by atoms with E-state index in [1.165, 1.54) is 11.4 Å². The molecular weight excluding hydrogens is 328 g/mol. The monoisotopic (exact) mass is 346 g/mol. The molecule has 0 unspecified atom stereocenters. The van der Waals surface area contributed by atoms with Gasteiger partial charge in [0.25, 0.3) is 0 Å². The summed E-state index contributed by atoms with van der Waals surface area (Å²) >= 11 is 0.987. The lowest BCUT2D eigenvalue weighted by atomic mass is 9.68. The molecule has 2 fully saturated rings. The number of nitrogens with two attached hydrogens (primary N) is 1. The van der Waals surface area contributed by atoms with Gasteiger partial charge in [0, 0.05) is 37.0 Å². The highest BCUT2D eigenvalue weighted by Gasteiger charge is 2.55. The van der Waals surface area contributed by atoms with Crippen molar-refractivity contribution >= 4 is 27.3 Å². The van der Waals surface area contributed by atoms with Gasteiger partial charge >= 0.3 is 0 Å². The van der Waals surface area contributed by atoms with Gasteiger partial charge in [0.1, 0.15) is 4.21 Å². The highest BCUT2D eigenvalue weighted by molar-refractivity contribution is 7.91. The lowest BCUT2D eigenvalue weighted by molar-refractivity contribution is -0.0775. The summed E-state index contributed by atoms with van der Waals surface area (Å²) in [5.41, 5.74) is 5.36. The van der Waals surface area contributed by atoms with Gasteiger partial charge in [0.15, 0.2) is 0 Å². The van der Waals surface area contributed by atoms with Gasteiger partial charge in [-0.05, 0) is 12.5 Å². The Morgan fingerprint density at radius 2 is 2.36 bits per heavy atom. The van der Waals surface area contributed by atoms with Crippen LogP contribution >= 0.6 is 11.3 Å². The smallest absolute Gasteiger partial charge is 0.250 e. The van der Waals surface area contributed by atoms with Gasteiger partial charge in [-0.3, -0.25) is 4.79 Å². The lowest BCUT2D eigenvalue weighted by Gasteiger charge is -2.47. The molecule has 1 saturated heterocycles. The van der Waals surface area contributed by atoms with E-state index >= 15 is 0 Å². The third-order valence-corrected chi connectivity index (χ3v) is 7.20. The van der Waals surface area contributed by atoms with Gasteiger partial charge in [0.2, 0.25) is 15.9 Å². The van der Waals surface area contributed by atoms with Crippen molar-refractivity contribution in [1.29, 1.82) is 0 Å². The summed E-state index contributed by atoms with van der Waals surface area (Å²) in [5, 5.41) is 1.45. The van der Waals surface area contributed by atoms with E-state index in [1.807, 2.05) is 0 Å². The van der Waals surface area contributed by atoms with Crippen LogP contribution in [0.15, 0.2) is 15.7 Å².